The first kappa shape index (κ1) is 18.0. The largest absolute Gasteiger partial charge is 0.492 e. The summed E-state index contributed by atoms with van der Waals surface area (Å²) in [5.41, 5.74) is 3.13. The van der Waals surface area contributed by atoms with E-state index in [1.54, 1.807) is 12.1 Å². The van der Waals surface area contributed by atoms with E-state index in [1.165, 1.54) is 7.05 Å². The fourth-order valence-corrected chi connectivity index (χ4v) is 2.11. The Balaban J connectivity index is 1.97. The summed E-state index contributed by atoms with van der Waals surface area (Å²) in [6.45, 7) is -0.0970. The van der Waals surface area contributed by atoms with E-state index in [0.29, 0.717) is 10.3 Å². The molecule has 0 aliphatic heterocycles. The molecule has 0 atom stereocenters. The molecule has 2 aromatic rings. The molecule has 2 amide bonds. The molecule has 0 fully saturated rings. The van der Waals surface area contributed by atoms with E-state index >= 15 is 0 Å². The van der Waals surface area contributed by atoms with Gasteiger partial charge in [0.05, 0.1) is 6.54 Å². The van der Waals surface area contributed by atoms with E-state index in [1.807, 2.05) is 18.2 Å². The summed E-state index contributed by atoms with van der Waals surface area (Å²) in [6.07, 6.45) is 1.05. The van der Waals surface area contributed by atoms with E-state index < -0.39 is 29.6 Å². The second-order valence-electron chi connectivity index (χ2n) is 5.20. The lowest BCUT2D eigenvalue weighted by atomic mass is 10.3. The lowest BCUT2D eigenvalue weighted by Crippen LogP contribution is -2.46. The Morgan fingerprint density at radius 1 is 1.20 bits per heavy atom. The number of primary amides is 1. The van der Waals surface area contributed by atoms with Crippen molar-refractivity contribution < 1.29 is 14.3 Å². The number of ether oxygens (including phenoxy) is 1. The van der Waals surface area contributed by atoms with Crippen molar-refractivity contribution in [2.75, 3.05) is 13.2 Å². The molecule has 132 valence electrons. The number of hydrogen-bond donors (Lipinski definition) is 2. The van der Waals surface area contributed by atoms with Gasteiger partial charge < -0.3 is 20.4 Å². The van der Waals surface area contributed by atoms with Crippen molar-refractivity contribution in [3.63, 3.8) is 0 Å². The Bertz CT molecular complexity index is 886. The van der Waals surface area contributed by atoms with Gasteiger partial charge in [-0.3, -0.25) is 19.0 Å². The molecule has 1 aromatic carbocycles. The van der Waals surface area contributed by atoms with Crippen molar-refractivity contribution >= 4 is 11.8 Å². The molecule has 9 nitrogen and oxygen atoms in total. The summed E-state index contributed by atoms with van der Waals surface area (Å²) in [7, 11) is 1.36. The number of para-hydroxylation sites is 1. The predicted octanol–water partition coefficient (Wildman–Crippen LogP) is -1.16. The number of nitrogens with one attached hydrogen (secondary N) is 1. The summed E-state index contributed by atoms with van der Waals surface area (Å²) in [5, 5.41) is 2.54. The van der Waals surface area contributed by atoms with Crippen LogP contribution in [-0.2, 0) is 18.4 Å². The van der Waals surface area contributed by atoms with Crippen LogP contribution in [0, 0.1) is 0 Å². The van der Waals surface area contributed by atoms with Crippen LogP contribution in [0.2, 0.25) is 0 Å². The van der Waals surface area contributed by atoms with Crippen molar-refractivity contribution in [3.8, 4) is 5.75 Å². The Morgan fingerprint density at radius 3 is 2.52 bits per heavy atom. The van der Waals surface area contributed by atoms with E-state index in [9.17, 15) is 19.2 Å². The molecule has 1 heterocycles. The van der Waals surface area contributed by atoms with Crippen molar-refractivity contribution in [2.45, 2.75) is 6.54 Å². The van der Waals surface area contributed by atoms with Crippen LogP contribution >= 0.6 is 0 Å². The quantitative estimate of drug-likeness (QED) is 0.612. The van der Waals surface area contributed by atoms with Gasteiger partial charge in [-0.2, -0.15) is 0 Å². The number of rotatable bonds is 7. The minimum absolute atomic E-state index is 0.193. The van der Waals surface area contributed by atoms with E-state index in [-0.39, 0.29) is 18.7 Å². The summed E-state index contributed by atoms with van der Waals surface area (Å²) >= 11 is 0. The number of aromatic nitrogens is 2. The van der Waals surface area contributed by atoms with Crippen LogP contribution in [0.5, 0.6) is 5.75 Å². The highest BCUT2D eigenvalue weighted by Crippen LogP contribution is 2.07. The van der Waals surface area contributed by atoms with Crippen LogP contribution in [0.1, 0.15) is 10.4 Å². The minimum Gasteiger partial charge on any atom is -0.492 e. The standard InChI is InChI=1S/C16H18N4O5/c1-19-9-12(14(17)22)15(23)20(16(19)24)10-13(21)18-7-8-25-11-5-3-2-4-6-11/h2-6,9H,7-8,10H2,1H3,(H2,17,22)(H,18,21). The number of benzene rings is 1. The van der Waals surface area contributed by atoms with Gasteiger partial charge in [-0.15, -0.1) is 0 Å². The summed E-state index contributed by atoms with van der Waals surface area (Å²) in [5.74, 6) is -0.862. The molecular formula is C16H18N4O5. The maximum absolute atomic E-state index is 12.1. The highest BCUT2D eigenvalue weighted by Gasteiger charge is 2.15. The van der Waals surface area contributed by atoms with Crippen molar-refractivity contribution in [2.24, 2.45) is 12.8 Å². The van der Waals surface area contributed by atoms with Crippen molar-refractivity contribution in [1.29, 1.82) is 0 Å². The summed E-state index contributed by atoms with van der Waals surface area (Å²) < 4.78 is 7.09. The Labute approximate surface area is 142 Å². The number of hydrogen-bond acceptors (Lipinski definition) is 5. The molecule has 0 bridgehead atoms. The third kappa shape index (κ3) is 4.56. The molecular weight excluding hydrogens is 328 g/mol. The van der Waals surface area contributed by atoms with Gasteiger partial charge in [-0.1, -0.05) is 18.2 Å². The van der Waals surface area contributed by atoms with Crippen LogP contribution in [0.4, 0.5) is 0 Å². The zero-order valence-electron chi connectivity index (χ0n) is 13.6. The number of carbonyl (C=O) groups is 2. The normalized spacial score (nSPS) is 10.3. The average molecular weight is 346 g/mol. The lowest BCUT2D eigenvalue weighted by molar-refractivity contribution is -0.121. The van der Waals surface area contributed by atoms with Crippen LogP contribution in [0.25, 0.3) is 0 Å². The second kappa shape index (κ2) is 7.95. The molecule has 0 unspecified atom stereocenters. The molecule has 0 radical (unpaired) electrons. The summed E-state index contributed by atoms with van der Waals surface area (Å²) in [4.78, 5) is 47.2. The predicted molar refractivity (Wildman–Crippen MR) is 89.4 cm³/mol. The molecule has 2 rings (SSSR count). The van der Waals surface area contributed by atoms with Crippen LogP contribution in [0.15, 0.2) is 46.1 Å². The van der Waals surface area contributed by atoms with Gasteiger partial charge in [0.15, 0.2) is 0 Å². The first-order valence-electron chi connectivity index (χ1n) is 7.45. The zero-order chi connectivity index (χ0) is 18.4. The Morgan fingerprint density at radius 2 is 1.88 bits per heavy atom. The van der Waals surface area contributed by atoms with E-state index in [2.05, 4.69) is 5.32 Å². The van der Waals surface area contributed by atoms with Gasteiger partial charge in [0.1, 0.15) is 24.5 Å². The van der Waals surface area contributed by atoms with Crippen LogP contribution < -0.4 is 27.0 Å². The van der Waals surface area contributed by atoms with Crippen LogP contribution in [-0.4, -0.2) is 34.1 Å². The lowest BCUT2D eigenvalue weighted by Gasteiger charge is -2.10. The Kier molecular flexibility index (Phi) is 5.72. The van der Waals surface area contributed by atoms with Gasteiger partial charge in [0.25, 0.3) is 11.5 Å². The topological polar surface area (TPSA) is 125 Å². The number of aryl methyl sites for hydroxylation is 1. The fourth-order valence-electron chi connectivity index (χ4n) is 2.11. The number of carbonyl (C=O) groups excluding carboxylic acids is 2. The molecule has 0 aliphatic carbocycles. The maximum atomic E-state index is 12.1. The minimum atomic E-state index is -0.967. The highest BCUT2D eigenvalue weighted by molar-refractivity contribution is 5.92. The number of nitrogens with zero attached hydrogens (tertiary/aromatic N) is 2. The average Bonchev–Trinajstić information content (AvgIpc) is 2.59. The SMILES string of the molecule is Cn1cc(C(N)=O)c(=O)n(CC(=O)NCCOc2ccccc2)c1=O. The monoisotopic (exact) mass is 346 g/mol. The maximum Gasteiger partial charge on any atom is 0.331 e. The van der Waals surface area contributed by atoms with Gasteiger partial charge in [0, 0.05) is 13.2 Å². The first-order valence-corrected chi connectivity index (χ1v) is 7.45. The molecule has 0 saturated carbocycles. The Hall–Kier alpha value is -3.36. The molecule has 0 aliphatic rings. The van der Waals surface area contributed by atoms with E-state index in [0.717, 1.165) is 10.8 Å². The molecule has 3 N–H and O–H groups in total. The number of amides is 2. The van der Waals surface area contributed by atoms with Gasteiger partial charge in [-0.25, -0.2) is 4.79 Å². The molecule has 25 heavy (non-hydrogen) atoms. The van der Waals surface area contributed by atoms with Crippen molar-refractivity contribution in [3.05, 3.63) is 62.9 Å². The third-order valence-electron chi connectivity index (χ3n) is 3.33. The molecule has 0 spiro atoms. The van der Waals surface area contributed by atoms with Gasteiger partial charge in [0.2, 0.25) is 5.91 Å². The van der Waals surface area contributed by atoms with Gasteiger partial charge in [-0.05, 0) is 12.1 Å². The molecule has 9 heteroatoms. The highest BCUT2D eigenvalue weighted by atomic mass is 16.5. The fraction of sp³-hybridized carbons (Fsp3) is 0.250. The zero-order valence-corrected chi connectivity index (χ0v) is 13.6. The van der Waals surface area contributed by atoms with Crippen LogP contribution in [0.3, 0.4) is 0 Å². The third-order valence-corrected chi connectivity index (χ3v) is 3.33. The first-order chi connectivity index (χ1) is 11.9. The van der Waals surface area contributed by atoms with Crippen molar-refractivity contribution in [1.82, 2.24) is 14.5 Å². The smallest absolute Gasteiger partial charge is 0.331 e. The molecule has 1 aromatic heterocycles. The second-order valence-corrected chi connectivity index (χ2v) is 5.20. The summed E-state index contributed by atoms with van der Waals surface area (Å²) in [6, 6.07) is 9.05. The molecule has 0 saturated heterocycles. The van der Waals surface area contributed by atoms with E-state index in [4.69, 9.17) is 10.5 Å². The van der Waals surface area contributed by atoms with Gasteiger partial charge >= 0.3 is 5.69 Å². The number of nitrogens with two attached hydrogens (primary N) is 1.